The van der Waals surface area contributed by atoms with Gasteiger partial charge in [-0.15, -0.1) is 0 Å². The van der Waals surface area contributed by atoms with Gasteiger partial charge in [-0.2, -0.15) is 0 Å². The summed E-state index contributed by atoms with van der Waals surface area (Å²) in [5, 5.41) is 44.3. The van der Waals surface area contributed by atoms with E-state index in [-0.39, 0.29) is 66.3 Å². The Morgan fingerprint density at radius 3 is 0.541 bits per heavy atom. The van der Waals surface area contributed by atoms with Crippen LogP contribution in [0.2, 0.25) is 0 Å². The first-order valence-corrected chi connectivity index (χ1v) is 56.8. The number of phenolic OH excluding ortho intramolecular Hbond substituents is 4. The Balaban J connectivity index is 0.000000610. The molecule has 27 heteroatoms. The number of hydrogen-bond acceptors (Lipinski definition) is 20. The predicted octanol–water partition coefficient (Wildman–Crippen LogP) is 38.3. The van der Waals surface area contributed by atoms with Crippen molar-refractivity contribution < 1.29 is 91.6 Å². The maximum atomic E-state index is 12.8. The molecule has 0 heterocycles. The fourth-order valence-electron chi connectivity index (χ4n) is 15.2. The second-order valence-electron chi connectivity index (χ2n) is 50.4. The van der Waals surface area contributed by atoms with Crippen LogP contribution in [0.5, 0.6) is 46.0 Å². The first-order valence-electron chi connectivity index (χ1n) is 49.6. The van der Waals surface area contributed by atoms with Gasteiger partial charge in [-0.1, -0.05) is 269 Å². The SMILES string of the molecule is CC(C)(C)OC(=O)OC(=O)OC(C)(C)C.CCN(CC)CC.Cc1cc(-c2cc(C)cc(C(C)(C)C)c2O)c(O)c(C(C)(C)C)c1.Cc1cc(-c2cc(C)cc(C(C)(C)C)c2OC(=O)OC(C)(C)C)c(O)c(C(C)(C)C)c1.Cc1cc(-c2cc(C)cc(C(C)(C)C)c2OC(=O)OC(C)(C)C)c(O)c(C(C)(C)C)c1.Cc1cc(-c2cc(C)cc(C(C)(C)C)c2OP(Cl)Cl)c(OC(=O)OC(C)(C)C)c(C(C)(C)C)c1.ClP(Cl)Cl. The van der Waals surface area contributed by atoms with E-state index in [0.29, 0.717) is 56.4 Å². The number of rotatable bonds is 12. The van der Waals surface area contributed by atoms with Crippen molar-refractivity contribution in [1.82, 2.24) is 4.90 Å². The smallest absolute Gasteiger partial charge is 0.507 e. The third-order valence-electron chi connectivity index (χ3n) is 21.7. The maximum absolute atomic E-state index is 12.8. The van der Waals surface area contributed by atoms with Crippen LogP contribution in [-0.4, -0.2) is 104 Å². The standard InChI is InChI=1S/C27H37Cl2O4P.2C27H38O4.C22H30O2.C10H18O5.C6H15N.Cl3P/c1-16-12-18(19-13-17(2)15-21(26(6,7)8)23(19)33-34(28)29)22(20(14-16)25(3,4)5)31-24(30)32-27(9,10)11;2*1-16-12-18(22(28)20(14-16)25(3,4)5)19-13-17(2)15-21(26(6,7)8)23(19)30-24(29)31-27(9,10)11;1-13-9-15(19(23)17(11-13)21(3,4)5)16-10-14(2)12-18(20(16)24)22(6,7)8;1-9(2,3)14-7(11)13-8(12)15-10(4,5)6;1-4-7(5-2)6-3;1-4(2)3/h12-15H,1-11H3;2*12-15,28H,1-11H3;9-12,23-24H,1-8H3;1-6H3;4-6H2,1-3H3;. The van der Waals surface area contributed by atoms with Crippen LogP contribution in [0.1, 0.15) is 380 Å². The first kappa shape index (κ1) is 134. The Hall–Kier alpha value is -8.42. The van der Waals surface area contributed by atoms with Gasteiger partial charge in [-0.3, -0.25) is 0 Å². The highest BCUT2D eigenvalue weighted by Crippen LogP contribution is 2.57. The third-order valence-corrected chi connectivity index (χ3v) is 22.5. The zero-order chi connectivity index (χ0) is 114. The van der Waals surface area contributed by atoms with Crippen LogP contribution >= 0.6 is 69.0 Å². The molecule has 0 fully saturated rings. The first-order chi connectivity index (χ1) is 65.5. The molecule has 0 aliphatic rings. The summed E-state index contributed by atoms with van der Waals surface area (Å²) in [5.74, 6) is 1.61. The van der Waals surface area contributed by atoms with Gasteiger partial charge < -0.3 is 72.5 Å². The van der Waals surface area contributed by atoms with Crippen LogP contribution in [0.15, 0.2) is 97.1 Å². The molecule has 8 aromatic carbocycles. The molecule has 0 atom stereocenters. The zero-order valence-corrected chi connectivity index (χ0v) is 103. The van der Waals surface area contributed by atoms with Gasteiger partial charge in [0, 0.05) is 89.0 Å². The Labute approximate surface area is 903 Å². The zero-order valence-electron chi connectivity index (χ0n) is 97.5. The van der Waals surface area contributed by atoms with Crippen LogP contribution in [0.3, 0.4) is 0 Å². The van der Waals surface area contributed by atoms with E-state index in [1.54, 1.807) is 104 Å². The summed E-state index contributed by atoms with van der Waals surface area (Å²) >= 11 is 26.9. The lowest BCUT2D eigenvalue weighted by Crippen LogP contribution is -2.29. The minimum absolute atomic E-state index is 0.169. The number of ether oxygens (including phenoxy) is 9. The molecule has 0 bridgehead atoms. The van der Waals surface area contributed by atoms with E-state index in [0.717, 1.165) is 100 Å². The van der Waals surface area contributed by atoms with E-state index in [1.807, 2.05) is 146 Å². The molecule has 0 aliphatic heterocycles. The number of phenols is 4. The van der Waals surface area contributed by atoms with Crippen molar-refractivity contribution in [2.45, 2.75) is 418 Å². The maximum Gasteiger partial charge on any atom is 0.519 e. The number of halogens is 5. The van der Waals surface area contributed by atoms with Gasteiger partial charge in [0.15, 0.2) is 5.98 Å². The second-order valence-corrected chi connectivity index (χ2v) is 58.4. The van der Waals surface area contributed by atoms with Crippen molar-refractivity contribution >= 4 is 99.8 Å². The molecule has 816 valence electrons. The Morgan fingerprint density at radius 1 is 0.240 bits per heavy atom. The molecule has 0 aromatic heterocycles. The molecule has 0 saturated carbocycles. The van der Waals surface area contributed by atoms with Gasteiger partial charge >= 0.3 is 30.8 Å². The van der Waals surface area contributed by atoms with Gasteiger partial charge in [-0.05, 0) is 338 Å². The summed E-state index contributed by atoms with van der Waals surface area (Å²) in [6, 6.07) is 31.9. The Bertz CT molecular complexity index is 5520. The molecule has 0 unspecified atom stereocenters. The number of carbonyl (C=O) groups is 5. The topological polar surface area (TPSA) is 262 Å². The molecule has 20 nitrogen and oxygen atoms in total. The van der Waals surface area contributed by atoms with Crippen molar-refractivity contribution in [2.24, 2.45) is 0 Å². The van der Waals surface area contributed by atoms with Crippen molar-refractivity contribution in [3.63, 3.8) is 0 Å². The van der Waals surface area contributed by atoms with Gasteiger partial charge in [0.05, 0.1) is 0 Å². The van der Waals surface area contributed by atoms with Crippen LogP contribution in [0.25, 0.3) is 44.5 Å². The highest BCUT2D eigenvalue weighted by molar-refractivity contribution is 8.20. The Morgan fingerprint density at radius 2 is 0.384 bits per heavy atom. The van der Waals surface area contributed by atoms with E-state index in [4.69, 9.17) is 98.6 Å². The molecule has 0 aliphatic carbocycles. The number of benzene rings is 8. The van der Waals surface area contributed by atoms with Crippen molar-refractivity contribution in [3.8, 4) is 90.5 Å². The molecule has 0 amide bonds. The van der Waals surface area contributed by atoms with Crippen LogP contribution in [0.4, 0.5) is 24.0 Å². The van der Waals surface area contributed by atoms with E-state index >= 15 is 0 Å². The minimum atomic E-state index is -1.73. The summed E-state index contributed by atoms with van der Waals surface area (Å²) in [5.41, 5.74) is 15.6. The lowest BCUT2D eigenvalue weighted by Gasteiger charge is -2.29. The number of carbonyl (C=O) groups excluding carboxylic acids is 5. The molecule has 8 aromatic rings. The molecule has 0 saturated heterocycles. The minimum Gasteiger partial charge on any atom is -0.507 e. The summed E-state index contributed by atoms with van der Waals surface area (Å²) in [7, 11) is 0. The lowest BCUT2D eigenvalue weighted by molar-refractivity contribution is -0.0296. The predicted molar refractivity (Wildman–Crippen MR) is 613 cm³/mol. The molecular weight excluding hydrogens is 1990 g/mol. The third kappa shape index (κ3) is 44.6. The molecule has 8 rings (SSSR count). The van der Waals surface area contributed by atoms with Crippen LogP contribution in [0, 0.1) is 55.4 Å². The molecule has 0 spiro atoms. The quantitative estimate of drug-likeness (QED) is 0.0291. The largest absolute Gasteiger partial charge is 0.519 e. The number of hydrogen-bond donors (Lipinski definition) is 4. The monoisotopic (exact) mass is 2160 g/mol. The summed E-state index contributed by atoms with van der Waals surface area (Å²) in [4.78, 5) is 62.5. The van der Waals surface area contributed by atoms with E-state index in [9.17, 15) is 44.4 Å². The van der Waals surface area contributed by atoms with Crippen molar-refractivity contribution in [1.29, 1.82) is 0 Å². The molecular formula is C119H176Cl5NO19P2. The fraction of sp³-hybridized carbons (Fsp3) is 0.555. The van der Waals surface area contributed by atoms with Crippen LogP contribution < -0.4 is 18.7 Å². The average molecular weight is 2160 g/mol. The highest BCUT2D eigenvalue weighted by atomic mass is 36.0. The van der Waals surface area contributed by atoms with Gasteiger partial charge in [0.25, 0.3) is 6.85 Å². The average Bonchev–Trinajstić information content (AvgIpc) is 0.766. The number of aryl methyl sites for hydroxylation is 8. The van der Waals surface area contributed by atoms with Gasteiger partial charge in [-0.25, -0.2) is 24.0 Å². The van der Waals surface area contributed by atoms with Gasteiger partial charge in [0.1, 0.15) is 74.0 Å². The molecule has 146 heavy (non-hydrogen) atoms. The van der Waals surface area contributed by atoms with Crippen molar-refractivity contribution in [3.05, 3.63) is 186 Å². The summed E-state index contributed by atoms with van der Waals surface area (Å²) in [6.07, 6.45) is -4.39. The van der Waals surface area contributed by atoms with Gasteiger partial charge in [0.2, 0.25) is 0 Å². The van der Waals surface area contributed by atoms with Crippen LogP contribution in [-0.2, 0) is 71.7 Å². The normalized spacial score (nSPS) is 12.3. The fourth-order valence-corrected chi connectivity index (χ4v) is 15.9. The molecule has 0 radical (unpaired) electrons. The van der Waals surface area contributed by atoms with E-state index in [2.05, 4.69) is 203 Å². The van der Waals surface area contributed by atoms with Crippen molar-refractivity contribution in [2.75, 3.05) is 19.6 Å². The highest BCUT2D eigenvalue weighted by Gasteiger charge is 2.37. The van der Waals surface area contributed by atoms with E-state index < -0.39 is 71.6 Å². The summed E-state index contributed by atoms with van der Waals surface area (Å²) in [6.45, 7) is 101. The summed E-state index contributed by atoms with van der Waals surface area (Å²) < 4.78 is 53.8. The number of aromatic hydroxyl groups is 4. The molecule has 4 N–H and O–H groups in total. The van der Waals surface area contributed by atoms with E-state index in [1.165, 1.54) is 19.6 Å². The Kier molecular flexibility index (Phi) is 48.1. The lowest BCUT2D eigenvalue weighted by atomic mass is 9.80. The number of nitrogens with zero attached hydrogens (tertiary/aromatic N) is 1. The second kappa shape index (κ2) is 52.5.